The minimum atomic E-state index is -3.53. The molecule has 0 radical (unpaired) electrons. The average molecular weight is 1110 g/mol. The van der Waals surface area contributed by atoms with E-state index in [2.05, 4.69) is 0 Å². The molecule has 0 N–H and O–H groups in total. The lowest BCUT2D eigenvalue weighted by Gasteiger charge is -2.19. The van der Waals surface area contributed by atoms with E-state index in [0.29, 0.717) is 0 Å². The Morgan fingerprint density at radius 3 is 0.459 bits per heavy atom. The summed E-state index contributed by atoms with van der Waals surface area (Å²) in [4.78, 5) is 0. The maximum atomic E-state index is 15.7. The van der Waals surface area contributed by atoms with E-state index in [1.807, 2.05) is 0 Å². The summed E-state index contributed by atoms with van der Waals surface area (Å²) in [5.41, 5.74) is -29.8. The minimum Gasteiger partial charge on any atom is -0.205 e. The fourth-order valence-corrected chi connectivity index (χ4v) is 8.16. The first-order valence-electron chi connectivity index (χ1n) is 18.5. The van der Waals surface area contributed by atoms with E-state index in [0.717, 1.165) is 9.24 Å². The SMILES string of the molecule is Fc1c(F)c(-c2c(F)c(F)c(-c3c(F)c(F)c4c(F)c(F)c(F)c(F)c4c3F)c(F)c2F)c(F)c(F)c1-c1c(F)c(F)c(-c2c(F)c(F)c(-c3c(F)c(F)c4c(F)c(F)c(F)c(P)c4c3F)c(F)c2F)c(F)c1F. The summed E-state index contributed by atoms with van der Waals surface area (Å²) in [6.45, 7) is 0. The zero-order valence-electron chi connectivity index (χ0n) is 33.5. The Morgan fingerprint density at radius 2 is 0.243 bits per heavy atom. The Kier molecular flexibility index (Phi) is 12.7. The molecular weight excluding hydrogens is 1110 g/mol. The van der Waals surface area contributed by atoms with Gasteiger partial charge in [0.25, 0.3) is 0 Å². The second kappa shape index (κ2) is 17.7. The Bertz CT molecular complexity index is 3590. The van der Waals surface area contributed by atoms with Crippen LogP contribution in [0.2, 0.25) is 0 Å². The molecule has 0 aromatic heterocycles. The van der Waals surface area contributed by atoms with Gasteiger partial charge in [0.1, 0.15) is 11.6 Å². The zero-order valence-corrected chi connectivity index (χ0v) is 34.7. The van der Waals surface area contributed by atoms with Crippen molar-refractivity contribution < 1.29 is 127 Å². The highest BCUT2D eigenvalue weighted by molar-refractivity contribution is 7.28. The van der Waals surface area contributed by atoms with Gasteiger partial charge in [-0.25, -0.2) is 127 Å². The van der Waals surface area contributed by atoms with E-state index in [-0.39, 0.29) is 0 Å². The molecule has 1 atom stereocenters. The molecule has 0 aliphatic carbocycles. The van der Waals surface area contributed by atoms with Crippen LogP contribution in [-0.4, -0.2) is 0 Å². The second-order valence-corrected chi connectivity index (χ2v) is 15.3. The second-order valence-electron chi connectivity index (χ2n) is 14.8. The Labute approximate surface area is 387 Å². The standard InChI is InChI=1S/C44H2F29P/c45-15-1(17(47)23(53)6-2(15)37(67)40(70)41(71)38(6)68)4-19(49)24(54)7(25(55)20(4)50)9-28(58)32(62)11(33(63)29(9)59)12-34(64)30(60)10(31(61)35(12)65)8-26(56)21(51)5(22(52)27(8)57)3-16(46)14-13(36(66)18(3)48)39(69)42(72)43(73)44(14)74/h74H2. The lowest BCUT2D eigenvalue weighted by Crippen LogP contribution is -2.15. The predicted octanol–water partition coefficient (Wildman–Crippen LogP) is 15.9. The average Bonchev–Trinajstić information content (AvgIpc) is 3.35. The topological polar surface area (TPSA) is 0 Å². The highest BCUT2D eigenvalue weighted by Gasteiger charge is 2.43. The molecule has 0 saturated carbocycles. The van der Waals surface area contributed by atoms with Crippen LogP contribution in [0.1, 0.15) is 0 Å². The van der Waals surface area contributed by atoms with Gasteiger partial charge in [0.05, 0.1) is 71.8 Å². The molecule has 386 valence electrons. The van der Waals surface area contributed by atoms with Gasteiger partial charge >= 0.3 is 0 Å². The van der Waals surface area contributed by atoms with E-state index < -0.39 is 251 Å². The first-order chi connectivity index (χ1) is 34.3. The number of hydrogen-bond donors (Lipinski definition) is 0. The first-order valence-corrected chi connectivity index (χ1v) is 19.1. The summed E-state index contributed by atoms with van der Waals surface area (Å²) in [5.74, 6) is -92.8. The summed E-state index contributed by atoms with van der Waals surface area (Å²) >= 11 is 0. The van der Waals surface area contributed by atoms with Gasteiger partial charge in [0.15, 0.2) is 157 Å². The Balaban J connectivity index is 1.32. The van der Waals surface area contributed by atoms with Crippen LogP contribution in [0.3, 0.4) is 0 Å². The third-order valence-electron chi connectivity index (χ3n) is 11.1. The van der Waals surface area contributed by atoms with E-state index in [9.17, 15) is 39.5 Å². The molecule has 8 aromatic rings. The molecule has 0 nitrogen and oxygen atoms in total. The third kappa shape index (κ3) is 6.78. The largest absolute Gasteiger partial charge is 0.205 e. The van der Waals surface area contributed by atoms with Gasteiger partial charge in [0.2, 0.25) is 0 Å². The molecule has 0 amide bonds. The lowest BCUT2D eigenvalue weighted by molar-refractivity contribution is 0.412. The van der Waals surface area contributed by atoms with Crippen molar-refractivity contribution in [1.29, 1.82) is 0 Å². The Morgan fingerprint density at radius 1 is 0.122 bits per heavy atom. The molecule has 0 saturated heterocycles. The van der Waals surface area contributed by atoms with E-state index >= 15 is 87.8 Å². The maximum absolute atomic E-state index is 15.7. The van der Waals surface area contributed by atoms with Gasteiger partial charge in [-0.05, 0) is 0 Å². The predicted molar refractivity (Wildman–Crippen MR) is 197 cm³/mol. The van der Waals surface area contributed by atoms with Crippen molar-refractivity contribution in [3.8, 4) is 55.6 Å². The van der Waals surface area contributed by atoms with Crippen molar-refractivity contribution in [3.05, 3.63) is 169 Å². The number of benzene rings is 8. The van der Waals surface area contributed by atoms with Crippen LogP contribution in [0.4, 0.5) is 127 Å². The van der Waals surface area contributed by atoms with Crippen LogP contribution in [0.25, 0.3) is 77.2 Å². The molecule has 0 heterocycles. The maximum Gasteiger partial charge on any atom is 0.198 e. The summed E-state index contributed by atoms with van der Waals surface area (Å²) in [6, 6.07) is 0. The highest BCUT2D eigenvalue weighted by Crippen LogP contribution is 2.49. The van der Waals surface area contributed by atoms with E-state index in [1.165, 1.54) is 0 Å². The van der Waals surface area contributed by atoms with Crippen molar-refractivity contribution in [2.45, 2.75) is 0 Å². The number of halogens is 29. The minimum absolute atomic E-state index is 1.12. The molecule has 8 aromatic carbocycles. The third-order valence-corrected chi connectivity index (χ3v) is 11.6. The summed E-state index contributed by atoms with van der Waals surface area (Å²) in [5, 5.41) is -10.6. The van der Waals surface area contributed by atoms with Crippen molar-refractivity contribution >= 4 is 36.1 Å². The number of rotatable bonds is 5. The van der Waals surface area contributed by atoms with Gasteiger partial charge < -0.3 is 0 Å². The van der Waals surface area contributed by atoms with E-state index in [1.54, 1.807) is 0 Å². The number of fused-ring (bicyclic) bond motifs is 2. The van der Waals surface area contributed by atoms with Gasteiger partial charge in [-0.2, -0.15) is 0 Å². The van der Waals surface area contributed by atoms with Crippen molar-refractivity contribution in [1.82, 2.24) is 0 Å². The summed E-state index contributed by atoms with van der Waals surface area (Å²) in [6.07, 6.45) is 0. The van der Waals surface area contributed by atoms with Gasteiger partial charge in [-0.1, -0.05) is 0 Å². The van der Waals surface area contributed by atoms with Gasteiger partial charge in [-0.15, -0.1) is 9.24 Å². The molecule has 0 bridgehead atoms. The van der Waals surface area contributed by atoms with Crippen LogP contribution in [0.15, 0.2) is 0 Å². The monoisotopic (exact) mass is 1110 g/mol. The fraction of sp³-hybridized carbons (Fsp3) is 0. The Hall–Kier alpha value is -7.32. The molecular formula is C44H2F29P. The lowest BCUT2D eigenvalue weighted by atomic mass is 9.90. The van der Waals surface area contributed by atoms with Crippen LogP contribution in [-0.2, 0) is 0 Å². The zero-order chi connectivity index (χ0) is 55.4. The molecule has 0 spiro atoms. The molecule has 74 heavy (non-hydrogen) atoms. The van der Waals surface area contributed by atoms with Crippen LogP contribution >= 0.6 is 9.24 Å². The van der Waals surface area contributed by atoms with Crippen molar-refractivity contribution in [2.24, 2.45) is 0 Å². The molecule has 0 fully saturated rings. The number of hydrogen-bond acceptors (Lipinski definition) is 0. The van der Waals surface area contributed by atoms with Crippen molar-refractivity contribution in [2.75, 3.05) is 0 Å². The van der Waals surface area contributed by atoms with Gasteiger partial charge in [0, 0.05) is 10.7 Å². The normalized spacial score (nSPS) is 11.9. The van der Waals surface area contributed by atoms with Gasteiger partial charge in [-0.3, -0.25) is 0 Å². The quantitative estimate of drug-likeness (QED) is 0.0697. The summed E-state index contributed by atoms with van der Waals surface area (Å²) < 4.78 is 440. The highest BCUT2D eigenvalue weighted by atomic mass is 31.0. The molecule has 1 unspecified atom stereocenters. The molecule has 0 aliphatic rings. The first kappa shape index (κ1) is 53.0. The van der Waals surface area contributed by atoms with Crippen molar-refractivity contribution in [3.63, 3.8) is 0 Å². The van der Waals surface area contributed by atoms with E-state index in [4.69, 9.17) is 0 Å². The fourth-order valence-electron chi connectivity index (χ4n) is 7.76. The van der Waals surface area contributed by atoms with Crippen LogP contribution in [0.5, 0.6) is 0 Å². The molecule has 30 heteroatoms. The smallest absolute Gasteiger partial charge is 0.198 e. The summed E-state index contributed by atoms with van der Waals surface area (Å²) in [7, 11) is 1.12. The molecule has 8 rings (SSSR count). The molecule has 0 aliphatic heterocycles. The van der Waals surface area contributed by atoms with Crippen LogP contribution in [0, 0.1) is 169 Å². The van der Waals surface area contributed by atoms with Crippen LogP contribution < -0.4 is 5.30 Å².